The highest BCUT2D eigenvalue weighted by Crippen LogP contribution is 2.48. The Kier molecular flexibility index (Phi) is 6.96. The summed E-state index contributed by atoms with van der Waals surface area (Å²) in [7, 11) is 0. The Morgan fingerprint density at radius 3 is 2.27 bits per heavy atom. The van der Waals surface area contributed by atoms with Crippen LogP contribution in [-0.4, -0.2) is 10.4 Å². The third-order valence-electron chi connectivity index (χ3n) is 10.1. The summed E-state index contributed by atoms with van der Waals surface area (Å²) in [4.78, 5) is 5.59. The van der Waals surface area contributed by atoms with Gasteiger partial charge in [-0.1, -0.05) is 130 Å². The van der Waals surface area contributed by atoms with Crippen molar-refractivity contribution in [3.05, 3.63) is 150 Å². The minimum Gasteiger partial charge on any atom is -0.297 e. The molecule has 0 atom stereocenters. The number of aromatic nitrogens is 1. The largest absolute Gasteiger partial charge is 0.297 e. The maximum Gasteiger partial charge on any atom is 0.114 e. The molecule has 3 heterocycles. The lowest BCUT2D eigenvalue weighted by atomic mass is 9.85. The van der Waals surface area contributed by atoms with Gasteiger partial charge in [-0.25, -0.2) is 4.99 Å². The molecule has 0 spiro atoms. The Bertz CT molecular complexity index is 2690. The monoisotopic (exact) mass is 650 g/mol. The Hall–Kier alpha value is -5.25. The fourth-order valence-corrected chi connectivity index (χ4v) is 9.07. The summed E-state index contributed by atoms with van der Waals surface area (Å²) in [5.41, 5.74) is 9.82. The highest BCUT2D eigenvalue weighted by atomic mass is 32.1. The molecule has 1 aliphatic heterocycles. The average molecular weight is 651 g/mol. The zero-order chi connectivity index (χ0) is 33.3. The number of fused-ring (bicyclic) bond motifs is 11. The number of aliphatic imine (C=N–C) groups is 1. The molecule has 8 aromatic rings. The van der Waals surface area contributed by atoms with Gasteiger partial charge in [-0.05, 0) is 70.7 Å². The number of benzene rings is 6. The molecule has 0 N–H and O–H groups in total. The van der Waals surface area contributed by atoms with Crippen LogP contribution < -0.4 is 0 Å². The summed E-state index contributed by atoms with van der Waals surface area (Å²) in [6.45, 7) is 8.90. The normalized spacial score (nSPS) is 15.2. The molecule has 9 rings (SSSR count). The van der Waals surface area contributed by atoms with Crippen LogP contribution in [0.15, 0.2) is 132 Å². The van der Waals surface area contributed by atoms with Gasteiger partial charge in [-0.3, -0.25) is 4.57 Å². The Morgan fingerprint density at radius 1 is 0.735 bits per heavy atom. The molecule has 3 heteroatoms. The van der Waals surface area contributed by atoms with E-state index in [0.29, 0.717) is 0 Å². The fraction of sp³-hybridized carbons (Fsp3) is 0.152. The summed E-state index contributed by atoms with van der Waals surface area (Å²) in [5.74, 6) is 1.08. The van der Waals surface area contributed by atoms with Crippen molar-refractivity contribution in [3.63, 3.8) is 0 Å². The van der Waals surface area contributed by atoms with Crippen LogP contribution in [0.5, 0.6) is 0 Å². The van der Waals surface area contributed by atoms with E-state index >= 15 is 0 Å². The number of thiophene rings is 1. The third-order valence-corrected chi connectivity index (χ3v) is 11.3. The molecule has 238 valence electrons. The SMILES string of the molecule is C/C=C/c1ccc2c(c1)c1c3sc4ccccc4c3c3ccccc3c1n2C1=Nc2ccccc2/C(c2ccc(C(C)(C)C)cc2)=C\CC1. The first kappa shape index (κ1) is 29.9. The van der Waals surface area contributed by atoms with Crippen LogP contribution in [0.1, 0.15) is 62.8 Å². The van der Waals surface area contributed by atoms with Crippen molar-refractivity contribution < 1.29 is 0 Å². The zero-order valence-electron chi connectivity index (χ0n) is 28.4. The second-order valence-corrected chi connectivity index (χ2v) is 15.3. The van der Waals surface area contributed by atoms with E-state index in [1.807, 2.05) is 11.3 Å². The summed E-state index contributed by atoms with van der Waals surface area (Å²) in [6, 6.07) is 42.6. The number of nitrogens with zero attached hydrogens (tertiary/aromatic N) is 2. The number of para-hydroxylation sites is 1. The van der Waals surface area contributed by atoms with Crippen molar-refractivity contribution in [1.82, 2.24) is 4.57 Å². The van der Waals surface area contributed by atoms with Crippen LogP contribution in [0.25, 0.3) is 64.4 Å². The van der Waals surface area contributed by atoms with Crippen molar-refractivity contribution >= 4 is 87.3 Å². The molecule has 2 nitrogen and oxygen atoms in total. The van der Waals surface area contributed by atoms with Gasteiger partial charge in [-0.15, -0.1) is 11.3 Å². The van der Waals surface area contributed by atoms with Crippen LogP contribution >= 0.6 is 11.3 Å². The molecule has 0 fully saturated rings. The first-order valence-corrected chi connectivity index (χ1v) is 18.1. The van der Waals surface area contributed by atoms with Gasteiger partial charge in [0.1, 0.15) is 5.84 Å². The van der Waals surface area contributed by atoms with Crippen molar-refractivity contribution in [2.24, 2.45) is 4.99 Å². The van der Waals surface area contributed by atoms with Gasteiger partial charge in [0.25, 0.3) is 0 Å². The van der Waals surface area contributed by atoms with Gasteiger partial charge in [0.05, 0.1) is 16.7 Å². The standard InChI is InChI=1S/C46H38N2S/c1-5-13-29-22-27-39-37(28-29)43-44(35-16-7-6-15-34(35)42-36-17-9-11-20-40(36)49-45(42)43)48(39)41-21-12-18-32(33-14-8-10-19-38(33)47-41)30-23-25-31(26-24-30)46(2,3)4/h5-11,13-20,22-28H,12,21H2,1-4H3/b13-5+,32-18-,47-41?. The predicted octanol–water partition coefficient (Wildman–Crippen LogP) is 13.4. The predicted molar refractivity (Wildman–Crippen MR) is 215 cm³/mol. The summed E-state index contributed by atoms with van der Waals surface area (Å²) < 4.78 is 5.17. The molecule has 0 saturated carbocycles. The lowest BCUT2D eigenvalue weighted by Crippen LogP contribution is -2.13. The third kappa shape index (κ3) is 4.79. The van der Waals surface area contributed by atoms with Crippen LogP contribution in [0.4, 0.5) is 5.69 Å². The summed E-state index contributed by atoms with van der Waals surface area (Å²) in [5, 5.41) is 7.86. The zero-order valence-corrected chi connectivity index (χ0v) is 29.2. The van der Waals surface area contributed by atoms with E-state index < -0.39 is 0 Å². The van der Waals surface area contributed by atoms with E-state index in [1.54, 1.807) is 0 Å². The lowest BCUT2D eigenvalue weighted by molar-refractivity contribution is 0.590. The minimum atomic E-state index is 0.117. The smallest absolute Gasteiger partial charge is 0.114 e. The van der Waals surface area contributed by atoms with Crippen molar-refractivity contribution in [2.75, 3.05) is 0 Å². The topological polar surface area (TPSA) is 17.3 Å². The molecular formula is C46H38N2S. The number of allylic oxidation sites excluding steroid dienone is 2. The summed E-state index contributed by atoms with van der Waals surface area (Å²) >= 11 is 1.92. The van der Waals surface area contributed by atoms with E-state index in [-0.39, 0.29) is 5.41 Å². The molecule has 1 aliphatic rings. The van der Waals surface area contributed by atoms with Crippen LogP contribution in [0, 0.1) is 0 Å². The molecular weight excluding hydrogens is 613 g/mol. The van der Waals surface area contributed by atoms with E-state index in [4.69, 9.17) is 4.99 Å². The second kappa shape index (κ2) is 11.4. The molecule has 6 aromatic carbocycles. The van der Waals surface area contributed by atoms with E-state index in [1.165, 1.54) is 80.6 Å². The van der Waals surface area contributed by atoms with Gasteiger partial charge in [0, 0.05) is 48.3 Å². The highest BCUT2D eigenvalue weighted by molar-refractivity contribution is 7.27. The summed E-state index contributed by atoms with van der Waals surface area (Å²) in [6.07, 6.45) is 8.48. The first-order valence-electron chi connectivity index (χ1n) is 17.3. The fourth-order valence-electron chi connectivity index (χ4n) is 7.79. The van der Waals surface area contributed by atoms with Gasteiger partial charge in [0.2, 0.25) is 0 Å². The first-order chi connectivity index (χ1) is 23.9. The molecule has 0 aliphatic carbocycles. The molecule has 49 heavy (non-hydrogen) atoms. The highest BCUT2D eigenvalue weighted by Gasteiger charge is 2.24. The second-order valence-electron chi connectivity index (χ2n) is 14.2. The molecule has 0 radical (unpaired) electrons. The maximum atomic E-state index is 5.59. The number of hydrogen-bond donors (Lipinski definition) is 0. The molecule has 0 amide bonds. The molecule has 0 bridgehead atoms. The number of rotatable bonds is 2. The number of hydrogen-bond acceptors (Lipinski definition) is 2. The minimum absolute atomic E-state index is 0.117. The Labute approximate surface area is 291 Å². The van der Waals surface area contributed by atoms with Crippen molar-refractivity contribution in [3.8, 4) is 0 Å². The van der Waals surface area contributed by atoms with Gasteiger partial charge < -0.3 is 0 Å². The quantitative estimate of drug-likeness (QED) is 0.177. The van der Waals surface area contributed by atoms with Crippen LogP contribution in [0.2, 0.25) is 0 Å². The van der Waals surface area contributed by atoms with Crippen LogP contribution in [0.3, 0.4) is 0 Å². The average Bonchev–Trinajstić information content (AvgIpc) is 3.65. The van der Waals surface area contributed by atoms with Crippen LogP contribution in [-0.2, 0) is 5.41 Å². The Morgan fingerprint density at radius 2 is 1.47 bits per heavy atom. The lowest BCUT2D eigenvalue weighted by Gasteiger charge is -2.21. The van der Waals surface area contributed by atoms with E-state index in [0.717, 1.165) is 24.4 Å². The van der Waals surface area contributed by atoms with Gasteiger partial charge >= 0.3 is 0 Å². The molecule has 0 unspecified atom stereocenters. The van der Waals surface area contributed by atoms with Gasteiger partial charge in [0.15, 0.2) is 0 Å². The maximum absolute atomic E-state index is 5.59. The molecule has 0 saturated heterocycles. The van der Waals surface area contributed by atoms with E-state index in [9.17, 15) is 0 Å². The van der Waals surface area contributed by atoms with Crippen molar-refractivity contribution in [2.45, 2.75) is 46.0 Å². The van der Waals surface area contributed by atoms with Crippen molar-refractivity contribution in [1.29, 1.82) is 0 Å². The van der Waals surface area contributed by atoms with E-state index in [2.05, 4.69) is 166 Å². The molecule has 2 aromatic heterocycles. The Balaban J connectivity index is 1.34. The van der Waals surface area contributed by atoms with Gasteiger partial charge in [-0.2, -0.15) is 0 Å².